The first kappa shape index (κ1) is 15.7. The summed E-state index contributed by atoms with van der Waals surface area (Å²) in [5.74, 6) is 2.46. The molecule has 7 heteroatoms. The van der Waals surface area contributed by atoms with Crippen LogP contribution in [0.3, 0.4) is 0 Å². The Bertz CT molecular complexity index is 564. The van der Waals surface area contributed by atoms with Crippen molar-refractivity contribution in [2.24, 2.45) is 0 Å². The summed E-state index contributed by atoms with van der Waals surface area (Å²) in [6, 6.07) is 1.86. The van der Waals surface area contributed by atoms with Gasteiger partial charge in [-0.1, -0.05) is 0 Å². The quantitative estimate of drug-likeness (QED) is 0.753. The van der Waals surface area contributed by atoms with E-state index in [-0.39, 0.29) is 13.2 Å². The van der Waals surface area contributed by atoms with Crippen molar-refractivity contribution in [1.29, 1.82) is 0 Å². The van der Waals surface area contributed by atoms with Crippen LogP contribution in [0.5, 0.6) is 0 Å². The zero-order valence-corrected chi connectivity index (χ0v) is 12.4. The summed E-state index contributed by atoms with van der Waals surface area (Å²) in [5, 5.41) is 26.0. The Morgan fingerprint density at radius 1 is 1.10 bits per heavy atom. The zero-order chi connectivity index (χ0) is 15.2. The maximum atomic E-state index is 9.05. The van der Waals surface area contributed by atoms with E-state index in [9.17, 15) is 0 Å². The van der Waals surface area contributed by atoms with Gasteiger partial charge in [0.25, 0.3) is 5.89 Å². The summed E-state index contributed by atoms with van der Waals surface area (Å²) < 4.78 is 11.1. The first-order chi connectivity index (χ1) is 10.1. The first-order valence-corrected chi connectivity index (χ1v) is 6.98. The van der Waals surface area contributed by atoms with Crippen LogP contribution in [-0.4, -0.2) is 51.6 Å². The van der Waals surface area contributed by atoms with Gasteiger partial charge in [0.15, 0.2) is 0 Å². The fourth-order valence-corrected chi connectivity index (χ4v) is 2.17. The molecule has 0 bridgehead atoms. The SMILES string of the molecule is Cc1cc(-c2nnc(CN(CCO)CCCO)o2)c(C)o1. The Balaban J connectivity index is 2.06. The topological polar surface area (TPSA) is 95.8 Å². The van der Waals surface area contributed by atoms with E-state index >= 15 is 0 Å². The number of rotatable bonds is 8. The number of nitrogens with zero attached hydrogens (tertiary/aromatic N) is 3. The molecule has 0 aromatic carbocycles. The molecule has 0 radical (unpaired) electrons. The molecule has 2 N–H and O–H groups in total. The summed E-state index contributed by atoms with van der Waals surface area (Å²) in [6.07, 6.45) is 0.640. The molecular weight excluding hydrogens is 274 g/mol. The molecule has 2 heterocycles. The molecule has 0 aliphatic carbocycles. The Labute approximate surface area is 123 Å². The van der Waals surface area contributed by atoms with E-state index in [2.05, 4.69) is 10.2 Å². The third kappa shape index (κ3) is 4.13. The maximum Gasteiger partial charge on any atom is 0.251 e. The third-order valence-corrected chi connectivity index (χ3v) is 3.15. The van der Waals surface area contributed by atoms with E-state index in [0.717, 1.165) is 17.1 Å². The van der Waals surface area contributed by atoms with Gasteiger partial charge in [0, 0.05) is 19.7 Å². The summed E-state index contributed by atoms with van der Waals surface area (Å²) in [5.41, 5.74) is 0.801. The first-order valence-electron chi connectivity index (χ1n) is 6.98. The van der Waals surface area contributed by atoms with Crippen molar-refractivity contribution in [2.45, 2.75) is 26.8 Å². The van der Waals surface area contributed by atoms with Crippen LogP contribution in [0.2, 0.25) is 0 Å². The molecule has 2 aromatic rings. The molecular formula is C14H21N3O4. The van der Waals surface area contributed by atoms with Crippen LogP contribution in [0, 0.1) is 13.8 Å². The van der Waals surface area contributed by atoms with Crippen LogP contribution >= 0.6 is 0 Å². The lowest BCUT2D eigenvalue weighted by atomic mass is 10.2. The van der Waals surface area contributed by atoms with E-state index < -0.39 is 0 Å². The lowest BCUT2D eigenvalue weighted by Crippen LogP contribution is -2.28. The Hall–Kier alpha value is -1.70. The van der Waals surface area contributed by atoms with Crippen LogP contribution in [-0.2, 0) is 6.54 Å². The number of hydrogen-bond donors (Lipinski definition) is 2. The molecule has 116 valence electrons. The van der Waals surface area contributed by atoms with Gasteiger partial charge in [-0.3, -0.25) is 4.90 Å². The standard InChI is InChI=1S/C14H21N3O4/c1-10-8-12(11(2)20-10)14-16-15-13(21-14)9-17(5-7-19)4-3-6-18/h8,18-19H,3-7,9H2,1-2H3. The highest BCUT2D eigenvalue weighted by Crippen LogP contribution is 2.25. The van der Waals surface area contributed by atoms with Crippen molar-refractivity contribution < 1.29 is 19.0 Å². The second kappa shape index (κ2) is 7.35. The summed E-state index contributed by atoms with van der Waals surface area (Å²) in [4.78, 5) is 1.96. The minimum Gasteiger partial charge on any atom is -0.466 e. The van der Waals surface area contributed by atoms with Gasteiger partial charge < -0.3 is 19.0 Å². The van der Waals surface area contributed by atoms with E-state index in [0.29, 0.717) is 37.8 Å². The lowest BCUT2D eigenvalue weighted by molar-refractivity contribution is 0.164. The minimum absolute atomic E-state index is 0.0481. The fourth-order valence-electron chi connectivity index (χ4n) is 2.17. The molecule has 21 heavy (non-hydrogen) atoms. The summed E-state index contributed by atoms with van der Waals surface area (Å²) in [7, 11) is 0. The number of furan rings is 1. The normalized spacial score (nSPS) is 11.5. The van der Waals surface area contributed by atoms with Crippen molar-refractivity contribution in [3.8, 4) is 11.5 Å². The predicted molar refractivity (Wildman–Crippen MR) is 75.5 cm³/mol. The van der Waals surface area contributed by atoms with Crippen molar-refractivity contribution in [1.82, 2.24) is 15.1 Å². The molecule has 2 aromatic heterocycles. The average molecular weight is 295 g/mol. The summed E-state index contributed by atoms with van der Waals surface area (Å²) in [6.45, 7) is 5.50. The molecule has 0 unspecified atom stereocenters. The van der Waals surface area contributed by atoms with Gasteiger partial charge in [0.1, 0.15) is 11.5 Å². The summed E-state index contributed by atoms with van der Waals surface area (Å²) >= 11 is 0. The van der Waals surface area contributed by atoms with Crippen molar-refractivity contribution in [3.63, 3.8) is 0 Å². The fraction of sp³-hybridized carbons (Fsp3) is 0.571. The Morgan fingerprint density at radius 2 is 1.90 bits per heavy atom. The van der Waals surface area contributed by atoms with Gasteiger partial charge in [-0.2, -0.15) is 0 Å². The minimum atomic E-state index is 0.0481. The second-order valence-electron chi connectivity index (χ2n) is 4.90. The van der Waals surface area contributed by atoms with Gasteiger partial charge >= 0.3 is 0 Å². The van der Waals surface area contributed by atoms with Gasteiger partial charge in [-0.15, -0.1) is 10.2 Å². The number of hydrogen-bond acceptors (Lipinski definition) is 7. The van der Waals surface area contributed by atoms with Crippen molar-refractivity contribution in [3.05, 3.63) is 23.5 Å². The van der Waals surface area contributed by atoms with Gasteiger partial charge in [0.05, 0.1) is 18.7 Å². The molecule has 7 nitrogen and oxygen atoms in total. The van der Waals surface area contributed by atoms with E-state index in [1.165, 1.54) is 0 Å². The molecule has 0 saturated carbocycles. The second-order valence-corrected chi connectivity index (χ2v) is 4.90. The monoisotopic (exact) mass is 295 g/mol. The average Bonchev–Trinajstić information content (AvgIpc) is 3.02. The smallest absolute Gasteiger partial charge is 0.251 e. The molecule has 0 aliphatic rings. The van der Waals surface area contributed by atoms with Gasteiger partial charge in [0.2, 0.25) is 5.89 Å². The Morgan fingerprint density at radius 3 is 2.52 bits per heavy atom. The van der Waals surface area contributed by atoms with Crippen LogP contribution in [0.15, 0.2) is 14.9 Å². The third-order valence-electron chi connectivity index (χ3n) is 3.15. The van der Waals surface area contributed by atoms with E-state index in [1.807, 2.05) is 24.8 Å². The maximum absolute atomic E-state index is 9.05. The number of aliphatic hydroxyl groups is 2. The van der Waals surface area contributed by atoms with Gasteiger partial charge in [-0.25, -0.2) is 0 Å². The molecule has 0 amide bonds. The molecule has 0 saturated heterocycles. The van der Waals surface area contributed by atoms with Crippen molar-refractivity contribution in [2.75, 3.05) is 26.3 Å². The largest absolute Gasteiger partial charge is 0.466 e. The molecule has 0 aliphatic heterocycles. The van der Waals surface area contributed by atoms with Crippen LogP contribution < -0.4 is 0 Å². The van der Waals surface area contributed by atoms with Crippen molar-refractivity contribution >= 4 is 0 Å². The number of aryl methyl sites for hydroxylation is 2. The van der Waals surface area contributed by atoms with Gasteiger partial charge in [-0.05, 0) is 26.3 Å². The highest BCUT2D eigenvalue weighted by atomic mass is 16.4. The Kier molecular flexibility index (Phi) is 5.49. The highest BCUT2D eigenvalue weighted by molar-refractivity contribution is 5.55. The molecule has 2 rings (SSSR count). The highest BCUT2D eigenvalue weighted by Gasteiger charge is 2.16. The zero-order valence-electron chi connectivity index (χ0n) is 12.4. The van der Waals surface area contributed by atoms with Crippen LogP contribution in [0.4, 0.5) is 0 Å². The van der Waals surface area contributed by atoms with Crippen LogP contribution in [0.25, 0.3) is 11.5 Å². The molecule has 0 spiro atoms. The molecule has 0 fully saturated rings. The van der Waals surface area contributed by atoms with E-state index in [4.69, 9.17) is 19.0 Å². The lowest BCUT2D eigenvalue weighted by Gasteiger charge is -2.18. The van der Waals surface area contributed by atoms with Crippen LogP contribution in [0.1, 0.15) is 23.8 Å². The number of aliphatic hydroxyl groups excluding tert-OH is 2. The molecule has 0 atom stereocenters. The van der Waals surface area contributed by atoms with E-state index in [1.54, 1.807) is 0 Å². The number of aromatic nitrogens is 2. The predicted octanol–water partition coefficient (Wildman–Crippen LogP) is 1.12.